The standard InChI is InChI=1S/C13H24N2O2/c1-2-17-11-8-10(14)12(11)15-13(16)9-6-4-3-5-7-9/h9-12H,2-8,14H2,1H3,(H,15,16). The van der Waals surface area contributed by atoms with Crippen LogP contribution < -0.4 is 11.1 Å². The average molecular weight is 240 g/mol. The molecule has 0 aromatic rings. The van der Waals surface area contributed by atoms with Crippen LogP contribution in [0.4, 0.5) is 0 Å². The van der Waals surface area contributed by atoms with Gasteiger partial charge in [0.05, 0.1) is 12.1 Å². The highest BCUT2D eigenvalue weighted by Gasteiger charge is 2.41. The van der Waals surface area contributed by atoms with Crippen LogP contribution in [0.1, 0.15) is 45.4 Å². The predicted molar refractivity (Wildman–Crippen MR) is 66.5 cm³/mol. The van der Waals surface area contributed by atoms with E-state index >= 15 is 0 Å². The van der Waals surface area contributed by atoms with Crippen LogP contribution in [0.15, 0.2) is 0 Å². The highest BCUT2D eigenvalue weighted by molar-refractivity contribution is 5.79. The fourth-order valence-electron chi connectivity index (χ4n) is 2.87. The van der Waals surface area contributed by atoms with Gasteiger partial charge in [-0.25, -0.2) is 0 Å². The highest BCUT2D eigenvalue weighted by Crippen LogP contribution is 2.26. The van der Waals surface area contributed by atoms with Crippen molar-refractivity contribution >= 4 is 5.91 Å². The van der Waals surface area contributed by atoms with Gasteiger partial charge in [-0.3, -0.25) is 4.79 Å². The Hall–Kier alpha value is -0.610. The first kappa shape index (κ1) is 12.8. The lowest BCUT2D eigenvalue weighted by Crippen LogP contribution is -2.65. The summed E-state index contributed by atoms with van der Waals surface area (Å²) in [7, 11) is 0. The quantitative estimate of drug-likeness (QED) is 0.775. The summed E-state index contributed by atoms with van der Waals surface area (Å²) in [5.41, 5.74) is 5.93. The minimum atomic E-state index is 0.0318. The summed E-state index contributed by atoms with van der Waals surface area (Å²) in [5, 5.41) is 3.08. The molecule has 0 radical (unpaired) electrons. The molecule has 0 spiro atoms. The van der Waals surface area contributed by atoms with E-state index in [1.807, 2.05) is 6.92 Å². The number of ether oxygens (including phenoxy) is 1. The van der Waals surface area contributed by atoms with Crippen LogP contribution in [0.25, 0.3) is 0 Å². The molecule has 0 saturated heterocycles. The monoisotopic (exact) mass is 240 g/mol. The number of nitrogens with one attached hydrogen (secondary N) is 1. The summed E-state index contributed by atoms with van der Waals surface area (Å²) in [5.74, 6) is 0.397. The van der Waals surface area contributed by atoms with Crippen molar-refractivity contribution < 1.29 is 9.53 Å². The molecule has 2 fully saturated rings. The number of carbonyl (C=O) groups excluding carboxylic acids is 1. The second-order valence-corrected chi connectivity index (χ2v) is 5.26. The largest absolute Gasteiger partial charge is 0.376 e. The molecular formula is C13H24N2O2. The number of carbonyl (C=O) groups is 1. The summed E-state index contributed by atoms with van der Waals surface area (Å²) in [6, 6.07) is 0.100. The summed E-state index contributed by atoms with van der Waals surface area (Å²) in [6.45, 7) is 2.66. The smallest absolute Gasteiger partial charge is 0.223 e. The fourth-order valence-corrected chi connectivity index (χ4v) is 2.87. The topological polar surface area (TPSA) is 64.3 Å². The average Bonchev–Trinajstić information content (AvgIpc) is 2.36. The van der Waals surface area contributed by atoms with Crippen LogP contribution in [0.3, 0.4) is 0 Å². The molecule has 0 aliphatic heterocycles. The number of hydrogen-bond donors (Lipinski definition) is 2. The van der Waals surface area contributed by atoms with Crippen molar-refractivity contribution in [2.75, 3.05) is 6.61 Å². The Morgan fingerprint density at radius 3 is 2.65 bits per heavy atom. The molecule has 98 valence electrons. The van der Waals surface area contributed by atoms with Gasteiger partial charge in [0.1, 0.15) is 0 Å². The molecular weight excluding hydrogens is 216 g/mol. The first-order valence-corrected chi connectivity index (χ1v) is 6.90. The molecule has 0 heterocycles. The molecule has 0 aromatic heterocycles. The van der Waals surface area contributed by atoms with Gasteiger partial charge in [-0.2, -0.15) is 0 Å². The van der Waals surface area contributed by atoms with Crippen molar-refractivity contribution in [2.24, 2.45) is 11.7 Å². The van der Waals surface area contributed by atoms with E-state index < -0.39 is 0 Å². The molecule has 3 atom stereocenters. The number of nitrogens with two attached hydrogens (primary N) is 1. The minimum absolute atomic E-state index is 0.0318. The third-order valence-electron chi connectivity index (χ3n) is 4.03. The van der Waals surface area contributed by atoms with Gasteiger partial charge in [0.25, 0.3) is 0 Å². The molecule has 2 rings (SSSR count). The lowest BCUT2D eigenvalue weighted by atomic mass is 9.82. The van der Waals surface area contributed by atoms with Gasteiger partial charge in [0, 0.05) is 18.6 Å². The second-order valence-electron chi connectivity index (χ2n) is 5.26. The van der Waals surface area contributed by atoms with E-state index in [-0.39, 0.29) is 30.0 Å². The van der Waals surface area contributed by atoms with E-state index in [2.05, 4.69) is 5.32 Å². The Kier molecular flexibility index (Phi) is 4.40. The van der Waals surface area contributed by atoms with Crippen molar-refractivity contribution in [1.82, 2.24) is 5.32 Å². The fraction of sp³-hybridized carbons (Fsp3) is 0.923. The molecule has 17 heavy (non-hydrogen) atoms. The maximum atomic E-state index is 12.1. The maximum Gasteiger partial charge on any atom is 0.223 e. The number of amides is 1. The molecule has 2 aliphatic rings. The molecule has 0 aromatic carbocycles. The third kappa shape index (κ3) is 2.99. The van der Waals surface area contributed by atoms with Gasteiger partial charge in [-0.05, 0) is 26.2 Å². The van der Waals surface area contributed by atoms with Crippen molar-refractivity contribution in [1.29, 1.82) is 0 Å². The summed E-state index contributed by atoms with van der Waals surface area (Å²) in [6.07, 6.45) is 6.70. The summed E-state index contributed by atoms with van der Waals surface area (Å²) >= 11 is 0. The van der Waals surface area contributed by atoms with E-state index in [0.29, 0.717) is 6.61 Å². The van der Waals surface area contributed by atoms with Crippen molar-refractivity contribution in [3.05, 3.63) is 0 Å². The normalized spacial score (nSPS) is 34.1. The van der Waals surface area contributed by atoms with E-state index in [0.717, 1.165) is 19.3 Å². The van der Waals surface area contributed by atoms with Crippen LogP contribution in [-0.2, 0) is 9.53 Å². The molecule has 2 aliphatic carbocycles. The van der Waals surface area contributed by atoms with E-state index in [1.54, 1.807) is 0 Å². The molecule has 4 heteroatoms. The zero-order valence-electron chi connectivity index (χ0n) is 10.7. The summed E-state index contributed by atoms with van der Waals surface area (Å²) < 4.78 is 5.55. The van der Waals surface area contributed by atoms with Crippen LogP contribution in [0.5, 0.6) is 0 Å². The molecule has 4 nitrogen and oxygen atoms in total. The SMILES string of the molecule is CCOC1CC(N)C1NC(=O)C1CCCCC1. The Morgan fingerprint density at radius 1 is 1.35 bits per heavy atom. The number of hydrogen-bond acceptors (Lipinski definition) is 3. The molecule has 3 unspecified atom stereocenters. The minimum Gasteiger partial charge on any atom is -0.376 e. The van der Waals surface area contributed by atoms with Crippen molar-refractivity contribution in [2.45, 2.75) is 63.6 Å². The first-order valence-electron chi connectivity index (χ1n) is 6.90. The van der Waals surface area contributed by atoms with Gasteiger partial charge in [-0.15, -0.1) is 0 Å². The Morgan fingerprint density at radius 2 is 2.06 bits per heavy atom. The first-order chi connectivity index (χ1) is 8.22. The molecule has 0 bridgehead atoms. The van der Waals surface area contributed by atoms with Gasteiger partial charge >= 0.3 is 0 Å². The lowest BCUT2D eigenvalue weighted by molar-refractivity contribution is -0.130. The van der Waals surface area contributed by atoms with Crippen LogP contribution in [0, 0.1) is 5.92 Å². The lowest BCUT2D eigenvalue weighted by Gasteiger charge is -2.43. The van der Waals surface area contributed by atoms with Gasteiger partial charge < -0.3 is 15.8 Å². The number of rotatable bonds is 4. The Labute approximate surface area is 103 Å². The Bertz CT molecular complexity index is 262. The zero-order chi connectivity index (χ0) is 12.3. The third-order valence-corrected chi connectivity index (χ3v) is 4.03. The van der Waals surface area contributed by atoms with E-state index in [9.17, 15) is 4.79 Å². The van der Waals surface area contributed by atoms with Crippen LogP contribution in [-0.4, -0.2) is 30.7 Å². The predicted octanol–water partition coefficient (Wildman–Crippen LogP) is 1.19. The molecule has 1 amide bonds. The van der Waals surface area contributed by atoms with Gasteiger partial charge in [0.2, 0.25) is 5.91 Å². The van der Waals surface area contributed by atoms with Crippen molar-refractivity contribution in [3.8, 4) is 0 Å². The van der Waals surface area contributed by atoms with Crippen LogP contribution >= 0.6 is 0 Å². The highest BCUT2D eigenvalue weighted by atomic mass is 16.5. The molecule has 3 N–H and O–H groups in total. The maximum absolute atomic E-state index is 12.1. The second kappa shape index (κ2) is 5.83. The summed E-state index contributed by atoms with van der Waals surface area (Å²) in [4.78, 5) is 12.1. The van der Waals surface area contributed by atoms with Gasteiger partial charge in [-0.1, -0.05) is 19.3 Å². The molecule has 2 saturated carbocycles. The zero-order valence-corrected chi connectivity index (χ0v) is 10.7. The Balaban J connectivity index is 1.80. The van der Waals surface area contributed by atoms with E-state index in [1.165, 1.54) is 19.3 Å². The van der Waals surface area contributed by atoms with Crippen molar-refractivity contribution in [3.63, 3.8) is 0 Å². The van der Waals surface area contributed by atoms with Gasteiger partial charge in [0.15, 0.2) is 0 Å². The van der Waals surface area contributed by atoms with Crippen LogP contribution in [0.2, 0.25) is 0 Å². The van der Waals surface area contributed by atoms with E-state index in [4.69, 9.17) is 10.5 Å².